The molecule has 0 aromatic carbocycles. The number of rotatable bonds is 4. The largest absolute Gasteiger partial charge is 0.394 e. The van der Waals surface area contributed by atoms with E-state index in [0.29, 0.717) is 11.6 Å². The SMILES string of the molecule is CC(C)(C)c1nc(NN)cc(NC2(CO)CCC2)n1. The van der Waals surface area contributed by atoms with E-state index in [1.165, 1.54) is 0 Å². The van der Waals surface area contributed by atoms with E-state index in [1.54, 1.807) is 6.07 Å². The number of aliphatic hydroxyl groups excluding tert-OH is 1. The van der Waals surface area contributed by atoms with Gasteiger partial charge in [-0.05, 0) is 19.3 Å². The normalized spacial score (nSPS) is 17.7. The van der Waals surface area contributed by atoms with Crippen molar-refractivity contribution < 1.29 is 5.11 Å². The first-order chi connectivity index (χ1) is 8.88. The van der Waals surface area contributed by atoms with Gasteiger partial charge in [-0.1, -0.05) is 20.8 Å². The number of aromatic nitrogens is 2. The summed E-state index contributed by atoms with van der Waals surface area (Å²) in [5.41, 5.74) is 2.18. The molecule has 2 rings (SSSR count). The molecule has 1 aromatic rings. The second kappa shape index (κ2) is 4.94. The smallest absolute Gasteiger partial charge is 0.145 e. The molecule has 106 valence electrons. The Labute approximate surface area is 113 Å². The number of nitrogens with one attached hydrogen (secondary N) is 2. The molecule has 1 aliphatic rings. The number of nitrogens with two attached hydrogens (primary N) is 1. The number of anilines is 2. The lowest BCUT2D eigenvalue weighted by atomic mass is 9.77. The van der Waals surface area contributed by atoms with Gasteiger partial charge in [0.15, 0.2) is 0 Å². The van der Waals surface area contributed by atoms with Crippen LogP contribution in [0, 0.1) is 0 Å². The molecule has 0 aliphatic heterocycles. The van der Waals surface area contributed by atoms with Crippen molar-refractivity contribution in [3.63, 3.8) is 0 Å². The number of nitrogen functional groups attached to an aromatic ring is 1. The number of hydrazine groups is 1. The standard InChI is InChI=1S/C13H23N5O/c1-12(2,3)11-15-9(7-10(16-11)18-14)17-13(8-19)5-4-6-13/h7,19H,4-6,8,14H2,1-3H3,(H2,15,16,17,18). The van der Waals surface area contributed by atoms with E-state index in [4.69, 9.17) is 5.84 Å². The first-order valence-electron chi connectivity index (χ1n) is 6.64. The molecule has 0 atom stereocenters. The third-order valence-electron chi connectivity index (χ3n) is 3.55. The lowest BCUT2D eigenvalue weighted by Gasteiger charge is -2.41. The van der Waals surface area contributed by atoms with Crippen molar-refractivity contribution in [1.82, 2.24) is 9.97 Å². The third-order valence-corrected chi connectivity index (χ3v) is 3.55. The highest BCUT2D eigenvalue weighted by Crippen LogP contribution is 2.35. The molecule has 6 nitrogen and oxygen atoms in total. The molecule has 0 bridgehead atoms. The fraction of sp³-hybridized carbons (Fsp3) is 0.692. The van der Waals surface area contributed by atoms with Crippen LogP contribution < -0.4 is 16.6 Å². The van der Waals surface area contributed by atoms with Crippen molar-refractivity contribution in [3.05, 3.63) is 11.9 Å². The van der Waals surface area contributed by atoms with Gasteiger partial charge >= 0.3 is 0 Å². The number of aliphatic hydroxyl groups is 1. The lowest BCUT2D eigenvalue weighted by molar-refractivity contribution is 0.143. The quantitative estimate of drug-likeness (QED) is 0.485. The summed E-state index contributed by atoms with van der Waals surface area (Å²) >= 11 is 0. The van der Waals surface area contributed by atoms with Gasteiger partial charge in [-0.25, -0.2) is 15.8 Å². The zero-order chi connectivity index (χ0) is 14.1. The van der Waals surface area contributed by atoms with Crippen LogP contribution in [0.4, 0.5) is 11.6 Å². The molecule has 1 aliphatic carbocycles. The Morgan fingerprint density at radius 2 is 1.95 bits per heavy atom. The maximum Gasteiger partial charge on any atom is 0.145 e. The summed E-state index contributed by atoms with van der Waals surface area (Å²) in [5, 5.41) is 12.8. The summed E-state index contributed by atoms with van der Waals surface area (Å²) < 4.78 is 0. The molecule has 1 saturated carbocycles. The van der Waals surface area contributed by atoms with Crippen LogP contribution in [0.3, 0.4) is 0 Å². The molecule has 0 radical (unpaired) electrons. The molecular weight excluding hydrogens is 242 g/mol. The Morgan fingerprint density at radius 1 is 1.32 bits per heavy atom. The molecule has 6 heteroatoms. The fourth-order valence-electron chi connectivity index (χ4n) is 2.12. The van der Waals surface area contributed by atoms with Crippen molar-refractivity contribution in [3.8, 4) is 0 Å². The maximum absolute atomic E-state index is 9.51. The molecule has 19 heavy (non-hydrogen) atoms. The van der Waals surface area contributed by atoms with E-state index in [0.717, 1.165) is 25.1 Å². The number of hydrogen-bond acceptors (Lipinski definition) is 6. The third kappa shape index (κ3) is 2.96. The van der Waals surface area contributed by atoms with Gasteiger partial charge in [0.25, 0.3) is 0 Å². The zero-order valence-corrected chi connectivity index (χ0v) is 11.8. The second-order valence-electron chi connectivity index (χ2n) is 6.27. The van der Waals surface area contributed by atoms with Crippen LogP contribution in [0.5, 0.6) is 0 Å². The maximum atomic E-state index is 9.51. The minimum absolute atomic E-state index is 0.118. The summed E-state index contributed by atoms with van der Waals surface area (Å²) in [4.78, 5) is 8.91. The van der Waals surface area contributed by atoms with E-state index >= 15 is 0 Å². The summed E-state index contributed by atoms with van der Waals surface area (Å²) in [6.45, 7) is 6.28. The van der Waals surface area contributed by atoms with Crippen molar-refractivity contribution in [2.24, 2.45) is 5.84 Å². The van der Waals surface area contributed by atoms with E-state index in [1.807, 2.05) is 0 Å². The van der Waals surface area contributed by atoms with Gasteiger partial charge < -0.3 is 15.8 Å². The molecular formula is C13H23N5O. The summed E-state index contributed by atoms with van der Waals surface area (Å²) in [6, 6.07) is 1.77. The molecule has 0 spiro atoms. The first kappa shape index (κ1) is 14.0. The van der Waals surface area contributed by atoms with Crippen LogP contribution >= 0.6 is 0 Å². The summed E-state index contributed by atoms with van der Waals surface area (Å²) in [6.07, 6.45) is 3.06. The topological polar surface area (TPSA) is 96.1 Å². The Bertz CT molecular complexity index is 445. The Kier molecular flexibility index (Phi) is 3.64. The molecule has 1 fully saturated rings. The fourth-order valence-corrected chi connectivity index (χ4v) is 2.12. The van der Waals surface area contributed by atoms with Gasteiger partial charge in [-0.3, -0.25) is 0 Å². The molecule has 1 heterocycles. The average Bonchev–Trinajstić information content (AvgIpc) is 2.32. The van der Waals surface area contributed by atoms with Crippen LogP contribution in [0.2, 0.25) is 0 Å². The van der Waals surface area contributed by atoms with Crippen LogP contribution in [-0.2, 0) is 5.41 Å². The van der Waals surface area contributed by atoms with Crippen LogP contribution in [0.15, 0.2) is 6.07 Å². The van der Waals surface area contributed by atoms with Crippen LogP contribution in [0.25, 0.3) is 0 Å². The van der Waals surface area contributed by atoms with Crippen molar-refractivity contribution >= 4 is 11.6 Å². The van der Waals surface area contributed by atoms with E-state index < -0.39 is 0 Å². The van der Waals surface area contributed by atoms with Gasteiger partial charge in [0.2, 0.25) is 0 Å². The lowest BCUT2D eigenvalue weighted by Crippen LogP contribution is -2.48. The average molecular weight is 265 g/mol. The molecule has 5 N–H and O–H groups in total. The zero-order valence-electron chi connectivity index (χ0n) is 11.8. The number of nitrogens with zero attached hydrogens (tertiary/aromatic N) is 2. The summed E-state index contributed by atoms with van der Waals surface area (Å²) in [7, 11) is 0. The monoisotopic (exact) mass is 265 g/mol. The van der Waals surface area contributed by atoms with Gasteiger partial charge in [0.1, 0.15) is 17.5 Å². The molecule has 1 aromatic heterocycles. The van der Waals surface area contributed by atoms with Gasteiger partial charge in [-0.2, -0.15) is 0 Å². The predicted molar refractivity (Wildman–Crippen MR) is 75.8 cm³/mol. The van der Waals surface area contributed by atoms with Gasteiger partial charge in [-0.15, -0.1) is 0 Å². The Hall–Kier alpha value is -1.40. The minimum Gasteiger partial charge on any atom is -0.394 e. The first-order valence-corrected chi connectivity index (χ1v) is 6.64. The van der Waals surface area contributed by atoms with Crippen molar-refractivity contribution in [2.75, 3.05) is 17.3 Å². The van der Waals surface area contributed by atoms with E-state index in [2.05, 4.69) is 41.5 Å². The van der Waals surface area contributed by atoms with E-state index in [9.17, 15) is 5.11 Å². The van der Waals surface area contributed by atoms with Crippen LogP contribution in [0.1, 0.15) is 45.9 Å². The van der Waals surface area contributed by atoms with Gasteiger partial charge in [0.05, 0.1) is 12.1 Å². The highest BCUT2D eigenvalue weighted by atomic mass is 16.3. The van der Waals surface area contributed by atoms with Crippen molar-refractivity contribution in [2.45, 2.75) is 51.0 Å². The highest BCUT2D eigenvalue weighted by Gasteiger charge is 2.36. The highest BCUT2D eigenvalue weighted by molar-refractivity contribution is 5.49. The second-order valence-corrected chi connectivity index (χ2v) is 6.27. The Balaban J connectivity index is 2.29. The molecule has 0 saturated heterocycles. The van der Waals surface area contributed by atoms with E-state index in [-0.39, 0.29) is 17.6 Å². The Morgan fingerprint density at radius 3 is 2.37 bits per heavy atom. The van der Waals surface area contributed by atoms with Crippen molar-refractivity contribution in [1.29, 1.82) is 0 Å². The number of hydrogen-bond donors (Lipinski definition) is 4. The van der Waals surface area contributed by atoms with Crippen LogP contribution in [-0.4, -0.2) is 27.2 Å². The molecule has 0 amide bonds. The predicted octanol–water partition coefficient (Wildman–Crippen LogP) is 1.39. The minimum atomic E-state index is -0.227. The summed E-state index contributed by atoms with van der Waals surface area (Å²) in [5.74, 6) is 7.46. The molecule has 0 unspecified atom stereocenters. The van der Waals surface area contributed by atoms with Gasteiger partial charge in [0, 0.05) is 11.5 Å².